The smallest absolute Gasteiger partial charge is 0.417 e. The molecule has 0 saturated heterocycles. The first-order valence-corrected chi connectivity index (χ1v) is 7.70. The Balaban J connectivity index is 1.62. The highest BCUT2D eigenvalue weighted by Crippen LogP contribution is 2.29. The number of nitrogens with one attached hydrogen (secondary N) is 1. The summed E-state index contributed by atoms with van der Waals surface area (Å²) in [5, 5.41) is 10.1. The van der Waals surface area contributed by atoms with Crippen molar-refractivity contribution in [2.24, 2.45) is 0 Å². The molecule has 1 N–H and O–H groups in total. The van der Waals surface area contributed by atoms with Crippen molar-refractivity contribution < 1.29 is 22.7 Å². The molecule has 0 spiro atoms. The maximum atomic E-state index is 12.8. The second-order valence-electron chi connectivity index (χ2n) is 5.64. The third-order valence-corrected chi connectivity index (χ3v) is 3.63. The minimum absolute atomic E-state index is 0.0709. The highest BCUT2D eigenvalue weighted by molar-refractivity contribution is 5.77. The molecule has 1 aromatic carbocycles. The lowest BCUT2D eigenvalue weighted by Gasteiger charge is -2.09. The van der Waals surface area contributed by atoms with E-state index in [1.54, 1.807) is 12.1 Å². The maximum absolute atomic E-state index is 12.8. The van der Waals surface area contributed by atoms with Crippen LogP contribution in [0.4, 0.5) is 13.2 Å². The molecule has 3 rings (SSSR count). The average Bonchev–Trinajstić information content (AvgIpc) is 3.01. The van der Waals surface area contributed by atoms with Gasteiger partial charge in [-0.15, -0.1) is 10.2 Å². The number of pyridine rings is 1. The van der Waals surface area contributed by atoms with Crippen molar-refractivity contribution in [3.63, 3.8) is 0 Å². The minimum atomic E-state index is -4.47. The van der Waals surface area contributed by atoms with Crippen molar-refractivity contribution in [3.8, 4) is 5.75 Å². The molecule has 0 aliphatic rings. The normalized spacial score (nSPS) is 11.5. The van der Waals surface area contributed by atoms with Gasteiger partial charge in [0.2, 0.25) is 0 Å². The number of hydrogen-bond acceptors (Lipinski definition) is 4. The van der Waals surface area contributed by atoms with Gasteiger partial charge in [0.25, 0.3) is 5.91 Å². The van der Waals surface area contributed by atoms with Crippen LogP contribution in [0.25, 0.3) is 5.65 Å². The Morgan fingerprint density at radius 1 is 1.15 bits per heavy atom. The van der Waals surface area contributed by atoms with Gasteiger partial charge in [-0.25, -0.2) is 0 Å². The van der Waals surface area contributed by atoms with E-state index in [0.29, 0.717) is 5.75 Å². The molecule has 26 heavy (non-hydrogen) atoms. The van der Waals surface area contributed by atoms with Crippen LogP contribution in [0.2, 0.25) is 0 Å². The highest BCUT2D eigenvalue weighted by atomic mass is 19.4. The van der Waals surface area contributed by atoms with E-state index in [4.69, 9.17) is 4.74 Å². The van der Waals surface area contributed by atoms with E-state index in [2.05, 4.69) is 15.5 Å². The molecule has 0 aliphatic carbocycles. The van der Waals surface area contributed by atoms with Gasteiger partial charge in [0.15, 0.2) is 18.1 Å². The van der Waals surface area contributed by atoms with E-state index in [1.807, 2.05) is 19.1 Å². The largest absolute Gasteiger partial charge is 0.484 e. The van der Waals surface area contributed by atoms with E-state index in [0.717, 1.165) is 17.8 Å². The van der Waals surface area contributed by atoms with Gasteiger partial charge in [0.1, 0.15) is 5.75 Å². The van der Waals surface area contributed by atoms with E-state index < -0.39 is 17.6 Å². The van der Waals surface area contributed by atoms with Gasteiger partial charge >= 0.3 is 6.18 Å². The number of hydrogen-bond donors (Lipinski definition) is 1. The minimum Gasteiger partial charge on any atom is -0.484 e. The molecule has 9 heteroatoms. The highest BCUT2D eigenvalue weighted by Gasteiger charge is 2.31. The molecule has 0 saturated carbocycles. The Kier molecular flexibility index (Phi) is 4.79. The van der Waals surface area contributed by atoms with E-state index >= 15 is 0 Å². The predicted octanol–water partition coefficient (Wildman–Crippen LogP) is 2.75. The number of rotatable bonds is 5. The summed E-state index contributed by atoms with van der Waals surface area (Å²) in [6, 6.07) is 9.35. The van der Waals surface area contributed by atoms with Crippen molar-refractivity contribution in [1.29, 1.82) is 0 Å². The van der Waals surface area contributed by atoms with Crippen molar-refractivity contribution in [2.75, 3.05) is 6.61 Å². The maximum Gasteiger partial charge on any atom is 0.417 e. The Morgan fingerprint density at radius 2 is 1.88 bits per heavy atom. The molecule has 0 fully saturated rings. The molecule has 3 aromatic rings. The number of carbonyl (C=O) groups excluding carboxylic acids is 1. The third-order valence-electron chi connectivity index (χ3n) is 3.63. The van der Waals surface area contributed by atoms with Crippen LogP contribution in [0, 0.1) is 6.92 Å². The van der Waals surface area contributed by atoms with Gasteiger partial charge in [0, 0.05) is 6.20 Å². The van der Waals surface area contributed by atoms with Gasteiger partial charge < -0.3 is 10.1 Å². The zero-order valence-corrected chi connectivity index (χ0v) is 13.7. The van der Waals surface area contributed by atoms with Gasteiger partial charge in [0.05, 0.1) is 12.1 Å². The molecule has 0 aliphatic heterocycles. The first-order chi connectivity index (χ1) is 12.3. The number of aryl methyl sites for hydroxylation is 1. The number of alkyl halides is 3. The summed E-state index contributed by atoms with van der Waals surface area (Å²) in [6.07, 6.45) is -3.57. The van der Waals surface area contributed by atoms with E-state index in [1.165, 1.54) is 10.5 Å². The quantitative estimate of drug-likeness (QED) is 0.756. The van der Waals surface area contributed by atoms with Gasteiger partial charge in [-0.05, 0) is 31.2 Å². The van der Waals surface area contributed by atoms with Crippen LogP contribution in [0.15, 0.2) is 42.6 Å². The Morgan fingerprint density at radius 3 is 2.58 bits per heavy atom. The summed E-state index contributed by atoms with van der Waals surface area (Å²) < 4.78 is 45.0. The van der Waals surface area contributed by atoms with E-state index in [-0.39, 0.29) is 24.6 Å². The van der Waals surface area contributed by atoms with Crippen LogP contribution in [0.1, 0.15) is 17.0 Å². The standard InChI is InChI=1S/C17H15F3N4O2/c1-11-2-5-13(6-3-11)26-10-16(25)21-8-15-23-22-14-7-4-12(9-24(14)15)17(18,19)20/h2-7,9H,8,10H2,1H3,(H,21,25). The van der Waals surface area contributed by atoms with Crippen LogP contribution in [0.3, 0.4) is 0 Å². The molecular formula is C17H15F3N4O2. The topological polar surface area (TPSA) is 68.5 Å². The first-order valence-electron chi connectivity index (χ1n) is 7.70. The number of aromatic nitrogens is 3. The first kappa shape index (κ1) is 17.7. The Labute approximate surface area is 146 Å². The van der Waals surface area contributed by atoms with Gasteiger partial charge in [-0.3, -0.25) is 9.20 Å². The molecule has 0 radical (unpaired) electrons. The fourth-order valence-corrected chi connectivity index (χ4v) is 2.24. The number of benzene rings is 1. The van der Waals surface area contributed by atoms with Crippen LogP contribution in [-0.4, -0.2) is 27.1 Å². The van der Waals surface area contributed by atoms with Crippen LogP contribution in [-0.2, 0) is 17.5 Å². The summed E-state index contributed by atoms with van der Waals surface area (Å²) in [5.74, 6) is 0.317. The zero-order chi connectivity index (χ0) is 18.7. The summed E-state index contributed by atoms with van der Waals surface area (Å²) in [4.78, 5) is 11.9. The van der Waals surface area contributed by atoms with Crippen molar-refractivity contribution >= 4 is 11.6 Å². The molecule has 1 amide bonds. The molecule has 0 atom stereocenters. The molecule has 0 bridgehead atoms. The molecular weight excluding hydrogens is 349 g/mol. The summed E-state index contributed by atoms with van der Waals surface area (Å²) in [7, 11) is 0. The SMILES string of the molecule is Cc1ccc(OCC(=O)NCc2nnc3ccc(C(F)(F)F)cn23)cc1. The molecule has 136 valence electrons. The third kappa shape index (κ3) is 4.11. The van der Waals surface area contributed by atoms with Crippen molar-refractivity contribution in [2.45, 2.75) is 19.6 Å². The number of fused-ring (bicyclic) bond motifs is 1. The fourth-order valence-electron chi connectivity index (χ4n) is 2.24. The Bertz CT molecular complexity index is 920. The monoisotopic (exact) mass is 364 g/mol. The number of nitrogens with zero attached hydrogens (tertiary/aromatic N) is 3. The molecule has 2 heterocycles. The van der Waals surface area contributed by atoms with E-state index in [9.17, 15) is 18.0 Å². The summed E-state index contributed by atoms with van der Waals surface area (Å²) >= 11 is 0. The van der Waals surface area contributed by atoms with Crippen molar-refractivity contribution in [3.05, 3.63) is 59.5 Å². The zero-order valence-electron chi connectivity index (χ0n) is 13.7. The number of ether oxygens (including phenoxy) is 1. The lowest BCUT2D eigenvalue weighted by molar-refractivity contribution is -0.137. The molecule has 6 nitrogen and oxygen atoms in total. The van der Waals surface area contributed by atoms with Crippen molar-refractivity contribution in [1.82, 2.24) is 19.9 Å². The van der Waals surface area contributed by atoms with Crippen LogP contribution < -0.4 is 10.1 Å². The van der Waals surface area contributed by atoms with Crippen LogP contribution in [0.5, 0.6) is 5.75 Å². The lowest BCUT2D eigenvalue weighted by atomic mass is 10.2. The average molecular weight is 364 g/mol. The number of halogens is 3. The second-order valence-corrected chi connectivity index (χ2v) is 5.64. The molecule has 0 unspecified atom stereocenters. The Hall–Kier alpha value is -3.10. The fraction of sp³-hybridized carbons (Fsp3) is 0.235. The predicted molar refractivity (Wildman–Crippen MR) is 86.5 cm³/mol. The lowest BCUT2D eigenvalue weighted by Crippen LogP contribution is -2.29. The summed E-state index contributed by atoms with van der Waals surface area (Å²) in [6.45, 7) is 1.65. The molecule has 2 aromatic heterocycles. The number of amides is 1. The second kappa shape index (κ2) is 7.03. The number of carbonyl (C=O) groups is 1. The van der Waals surface area contributed by atoms with Gasteiger partial charge in [-0.1, -0.05) is 17.7 Å². The van der Waals surface area contributed by atoms with Gasteiger partial charge in [-0.2, -0.15) is 13.2 Å². The van der Waals surface area contributed by atoms with Crippen LogP contribution >= 0.6 is 0 Å². The summed E-state index contributed by atoms with van der Waals surface area (Å²) in [5.41, 5.74) is 0.511.